The quantitative estimate of drug-likeness (QED) is 0.581. The van der Waals surface area contributed by atoms with Crippen molar-refractivity contribution in [2.24, 2.45) is 0 Å². The molecule has 1 aromatic carbocycles. The van der Waals surface area contributed by atoms with Gasteiger partial charge in [-0.05, 0) is 30.4 Å². The van der Waals surface area contributed by atoms with Crippen LogP contribution >= 0.6 is 23.4 Å². The van der Waals surface area contributed by atoms with Gasteiger partial charge in [0.2, 0.25) is 0 Å². The van der Waals surface area contributed by atoms with Crippen LogP contribution in [0, 0.1) is 5.82 Å². The van der Waals surface area contributed by atoms with Crippen LogP contribution in [0.25, 0.3) is 0 Å². The molecule has 0 N–H and O–H groups in total. The fraction of sp³-hybridized carbons (Fsp3) is 0.364. The number of ketones is 1. The Bertz CT molecular complexity index is 354. The molecule has 0 aliphatic carbocycles. The smallest absolute Gasteiger partial charge is 0.175 e. The van der Waals surface area contributed by atoms with Gasteiger partial charge in [0.15, 0.2) is 5.78 Å². The van der Waals surface area contributed by atoms with Crippen LogP contribution in [0.4, 0.5) is 4.39 Å². The first kappa shape index (κ1) is 12.5. The summed E-state index contributed by atoms with van der Waals surface area (Å²) in [6, 6.07) is 4.13. The molecule has 0 saturated carbocycles. The van der Waals surface area contributed by atoms with Crippen molar-refractivity contribution >= 4 is 29.1 Å². The second kappa shape index (κ2) is 6.13. The number of thioether (sulfide) groups is 1. The first-order valence-electron chi connectivity index (χ1n) is 4.71. The Labute approximate surface area is 98.0 Å². The SMILES string of the molecule is CCCSCC(=O)c1ccc(Cl)cc1F. The molecule has 0 fully saturated rings. The Morgan fingerprint density at radius 2 is 2.27 bits per heavy atom. The summed E-state index contributed by atoms with van der Waals surface area (Å²) in [4.78, 5) is 11.5. The first-order valence-corrected chi connectivity index (χ1v) is 6.24. The van der Waals surface area contributed by atoms with E-state index >= 15 is 0 Å². The lowest BCUT2D eigenvalue weighted by atomic mass is 10.1. The lowest BCUT2D eigenvalue weighted by molar-refractivity contribution is 0.101. The van der Waals surface area contributed by atoms with E-state index in [1.807, 2.05) is 6.92 Å². The molecule has 0 bridgehead atoms. The predicted octanol–water partition coefficient (Wildman–Crippen LogP) is 3.81. The lowest BCUT2D eigenvalue weighted by Gasteiger charge is -2.02. The first-order chi connectivity index (χ1) is 7.15. The summed E-state index contributed by atoms with van der Waals surface area (Å²) in [6.07, 6.45) is 1.01. The minimum absolute atomic E-state index is 0.128. The van der Waals surface area contributed by atoms with Gasteiger partial charge in [-0.25, -0.2) is 4.39 Å². The number of rotatable bonds is 5. The molecule has 15 heavy (non-hydrogen) atoms. The number of benzene rings is 1. The van der Waals surface area contributed by atoms with E-state index in [-0.39, 0.29) is 11.3 Å². The van der Waals surface area contributed by atoms with Gasteiger partial charge in [0.1, 0.15) is 5.82 Å². The third-order valence-electron chi connectivity index (χ3n) is 1.81. The van der Waals surface area contributed by atoms with Crippen molar-refractivity contribution in [3.05, 3.63) is 34.6 Å². The van der Waals surface area contributed by atoms with Crippen molar-refractivity contribution < 1.29 is 9.18 Å². The highest BCUT2D eigenvalue weighted by molar-refractivity contribution is 7.99. The highest BCUT2D eigenvalue weighted by atomic mass is 35.5. The molecule has 0 aliphatic rings. The van der Waals surface area contributed by atoms with Gasteiger partial charge in [-0.3, -0.25) is 4.79 Å². The van der Waals surface area contributed by atoms with Gasteiger partial charge in [0.25, 0.3) is 0 Å². The largest absolute Gasteiger partial charge is 0.293 e. The van der Waals surface area contributed by atoms with Gasteiger partial charge in [-0.1, -0.05) is 18.5 Å². The van der Waals surface area contributed by atoms with E-state index in [0.29, 0.717) is 10.8 Å². The van der Waals surface area contributed by atoms with Gasteiger partial charge < -0.3 is 0 Å². The van der Waals surface area contributed by atoms with Gasteiger partial charge in [0.05, 0.1) is 11.3 Å². The number of carbonyl (C=O) groups is 1. The van der Waals surface area contributed by atoms with Crippen LogP contribution in [0.15, 0.2) is 18.2 Å². The maximum atomic E-state index is 13.3. The van der Waals surface area contributed by atoms with E-state index in [0.717, 1.165) is 12.2 Å². The molecule has 1 aromatic rings. The summed E-state index contributed by atoms with van der Waals surface area (Å²) in [6.45, 7) is 2.04. The Balaban J connectivity index is 2.65. The van der Waals surface area contributed by atoms with E-state index in [2.05, 4.69) is 0 Å². The van der Waals surface area contributed by atoms with Crippen molar-refractivity contribution in [3.8, 4) is 0 Å². The summed E-state index contributed by atoms with van der Waals surface area (Å²) >= 11 is 7.11. The van der Waals surface area contributed by atoms with Crippen molar-refractivity contribution in [1.82, 2.24) is 0 Å². The van der Waals surface area contributed by atoms with Gasteiger partial charge >= 0.3 is 0 Å². The minimum atomic E-state index is -0.537. The number of carbonyl (C=O) groups excluding carboxylic acids is 1. The minimum Gasteiger partial charge on any atom is -0.293 e. The molecule has 82 valence electrons. The standard InChI is InChI=1S/C11H12ClFOS/c1-2-5-15-7-11(14)9-4-3-8(12)6-10(9)13/h3-4,6H,2,5,7H2,1H3. The third-order valence-corrected chi connectivity index (χ3v) is 3.21. The molecule has 1 nitrogen and oxygen atoms in total. The summed E-state index contributed by atoms with van der Waals surface area (Å²) in [5.41, 5.74) is 0.128. The maximum Gasteiger partial charge on any atom is 0.175 e. The Morgan fingerprint density at radius 3 is 2.87 bits per heavy atom. The second-order valence-electron chi connectivity index (χ2n) is 3.10. The zero-order valence-electron chi connectivity index (χ0n) is 8.43. The monoisotopic (exact) mass is 246 g/mol. The highest BCUT2D eigenvalue weighted by Gasteiger charge is 2.11. The lowest BCUT2D eigenvalue weighted by Crippen LogP contribution is -2.05. The summed E-state index contributed by atoms with van der Waals surface area (Å²) < 4.78 is 13.3. The third kappa shape index (κ3) is 3.84. The van der Waals surface area contributed by atoms with Crippen LogP contribution in [-0.2, 0) is 0 Å². The van der Waals surface area contributed by atoms with Crippen LogP contribution in [-0.4, -0.2) is 17.3 Å². The van der Waals surface area contributed by atoms with Crippen molar-refractivity contribution in [2.45, 2.75) is 13.3 Å². The summed E-state index contributed by atoms with van der Waals surface area (Å²) in [5.74, 6) is 0.528. The van der Waals surface area contributed by atoms with Crippen LogP contribution < -0.4 is 0 Å². The Morgan fingerprint density at radius 1 is 1.53 bits per heavy atom. The van der Waals surface area contributed by atoms with Crippen LogP contribution in [0.3, 0.4) is 0 Å². The Kier molecular flexibility index (Phi) is 5.12. The van der Waals surface area contributed by atoms with Crippen molar-refractivity contribution in [2.75, 3.05) is 11.5 Å². The number of Topliss-reactive ketones (excluding diaryl/α,β-unsaturated/α-hetero) is 1. The molecule has 0 saturated heterocycles. The molecular weight excluding hydrogens is 235 g/mol. The van der Waals surface area contributed by atoms with Gasteiger partial charge in [-0.15, -0.1) is 0 Å². The van der Waals surface area contributed by atoms with E-state index < -0.39 is 5.82 Å². The molecule has 0 aliphatic heterocycles. The molecule has 0 spiro atoms. The fourth-order valence-corrected chi connectivity index (χ4v) is 2.04. The second-order valence-corrected chi connectivity index (χ2v) is 4.64. The molecule has 0 heterocycles. The van der Waals surface area contributed by atoms with E-state index in [1.165, 1.54) is 30.0 Å². The highest BCUT2D eigenvalue weighted by Crippen LogP contribution is 2.16. The molecule has 1 rings (SSSR count). The average molecular weight is 247 g/mol. The van der Waals surface area contributed by atoms with E-state index in [9.17, 15) is 9.18 Å². The fourth-order valence-electron chi connectivity index (χ4n) is 1.10. The van der Waals surface area contributed by atoms with Crippen LogP contribution in [0.5, 0.6) is 0 Å². The topological polar surface area (TPSA) is 17.1 Å². The molecular formula is C11H12ClFOS. The molecule has 0 atom stereocenters. The van der Waals surface area contributed by atoms with Crippen molar-refractivity contribution in [1.29, 1.82) is 0 Å². The molecule has 0 radical (unpaired) electrons. The van der Waals surface area contributed by atoms with E-state index in [4.69, 9.17) is 11.6 Å². The normalized spacial score (nSPS) is 10.3. The van der Waals surface area contributed by atoms with Crippen LogP contribution in [0.2, 0.25) is 5.02 Å². The van der Waals surface area contributed by atoms with E-state index in [1.54, 1.807) is 0 Å². The number of hydrogen-bond donors (Lipinski definition) is 0. The Hall–Kier alpha value is -0.540. The predicted molar refractivity (Wildman–Crippen MR) is 63.4 cm³/mol. The molecule has 0 unspecified atom stereocenters. The maximum absolute atomic E-state index is 13.3. The van der Waals surface area contributed by atoms with Gasteiger partial charge in [-0.2, -0.15) is 11.8 Å². The number of halogens is 2. The van der Waals surface area contributed by atoms with Crippen molar-refractivity contribution in [3.63, 3.8) is 0 Å². The number of hydrogen-bond acceptors (Lipinski definition) is 2. The summed E-state index contributed by atoms with van der Waals surface area (Å²) in [5, 5.41) is 0.310. The zero-order valence-corrected chi connectivity index (χ0v) is 10.00. The molecule has 0 aromatic heterocycles. The van der Waals surface area contributed by atoms with Crippen LogP contribution in [0.1, 0.15) is 23.7 Å². The van der Waals surface area contributed by atoms with Gasteiger partial charge in [0, 0.05) is 5.02 Å². The average Bonchev–Trinajstić information content (AvgIpc) is 2.17. The zero-order chi connectivity index (χ0) is 11.3. The summed E-state index contributed by atoms with van der Waals surface area (Å²) in [7, 11) is 0. The molecule has 4 heteroatoms. The molecule has 0 amide bonds.